The first kappa shape index (κ1) is 24.2. The van der Waals surface area contributed by atoms with Crippen molar-refractivity contribution in [2.24, 2.45) is 4.99 Å². The molecular formula is C21H31IN4O2. The van der Waals surface area contributed by atoms with Gasteiger partial charge in [0.2, 0.25) is 5.88 Å². The van der Waals surface area contributed by atoms with Crippen LogP contribution in [0, 0.1) is 0 Å². The Balaban J connectivity index is 0.00000392. The molecule has 0 unspecified atom stereocenters. The summed E-state index contributed by atoms with van der Waals surface area (Å²) in [7, 11) is 1.65. The highest BCUT2D eigenvalue weighted by atomic mass is 127. The molecule has 0 saturated heterocycles. The van der Waals surface area contributed by atoms with E-state index in [2.05, 4.69) is 51.8 Å². The lowest BCUT2D eigenvalue weighted by atomic mass is 10.1. The molecule has 0 radical (unpaired) electrons. The molecule has 0 fully saturated rings. The molecule has 1 aromatic carbocycles. The van der Waals surface area contributed by atoms with Crippen molar-refractivity contribution < 1.29 is 9.47 Å². The average Bonchev–Trinajstić information content (AvgIpc) is 2.71. The van der Waals surface area contributed by atoms with Gasteiger partial charge in [0.05, 0.1) is 13.2 Å². The van der Waals surface area contributed by atoms with Crippen molar-refractivity contribution >= 4 is 29.9 Å². The van der Waals surface area contributed by atoms with E-state index >= 15 is 0 Å². The van der Waals surface area contributed by atoms with Crippen molar-refractivity contribution in [2.45, 2.75) is 26.3 Å². The highest BCUT2D eigenvalue weighted by Gasteiger charge is 2.05. The van der Waals surface area contributed by atoms with Gasteiger partial charge in [-0.25, -0.2) is 9.98 Å². The van der Waals surface area contributed by atoms with E-state index in [1.807, 2.05) is 18.2 Å². The predicted octanol–water partition coefficient (Wildman–Crippen LogP) is 3.41. The SMILES string of the molecule is CCNC(=NCc1cccnc1OCCOC)NCCCc1ccccc1.I. The van der Waals surface area contributed by atoms with Crippen LogP contribution in [-0.2, 0) is 17.7 Å². The number of hydrogen-bond donors (Lipinski definition) is 2. The third-order valence-electron chi connectivity index (χ3n) is 3.91. The van der Waals surface area contributed by atoms with E-state index in [1.54, 1.807) is 13.3 Å². The van der Waals surface area contributed by atoms with Crippen LogP contribution in [0.15, 0.2) is 53.7 Å². The molecule has 2 rings (SSSR count). The van der Waals surface area contributed by atoms with E-state index in [0.29, 0.717) is 25.6 Å². The van der Waals surface area contributed by atoms with Crippen LogP contribution in [0.4, 0.5) is 0 Å². The summed E-state index contributed by atoms with van der Waals surface area (Å²) < 4.78 is 10.7. The van der Waals surface area contributed by atoms with E-state index in [4.69, 9.17) is 9.47 Å². The Morgan fingerprint density at radius 3 is 2.64 bits per heavy atom. The van der Waals surface area contributed by atoms with Crippen molar-refractivity contribution in [1.29, 1.82) is 0 Å². The van der Waals surface area contributed by atoms with Gasteiger partial charge < -0.3 is 20.1 Å². The first-order valence-electron chi connectivity index (χ1n) is 9.45. The third kappa shape index (κ3) is 9.36. The van der Waals surface area contributed by atoms with Gasteiger partial charge in [0.1, 0.15) is 6.61 Å². The van der Waals surface area contributed by atoms with Crippen LogP contribution in [0.2, 0.25) is 0 Å². The fraction of sp³-hybridized carbons (Fsp3) is 0.429. The van der Waals surface area contributed by atoms with Crippen molar-refractivity contribution in [1.82, 2.24) is 15.6 Å². The normalized spacial score (nSPS) is 10.9. The van der Waals surface area contributed by atoms with Gasteiger partial charge in [-0.3, -0.25) is 0 Å². The molecule has 0 atom stereocenters. The second-order valence-corrected chi connectivity index (χ2v) is 6.02. The first-order valence-corrected chi connectivity index (χ1v) is 9.45. The van der Waals surface area contributed by atoms with E-state index in [1.165, 1.54) is 5.56 Å². The van der Waals surface area contributed by atoms with Gasteiger partial charge in [0.15, 0.2) is 5.96 Å². The zero-order chi connectivity index (χ0) is 19.2. The van der Waals surface area contributed by atoms with Gasteiger partial charge in [-0.1, -0.05) is 36.4 Å². The maximum atomic E-state index is 5.67. The standard InChI is InChI=1S/C21H30N4O2.HI/c1-3-22-21(24-14-7-11-18-9-5-4-6-10-18)25-17-19-12-8-13-23-20(19)27-16-15-26-2;/h4-6,8-10,12-13H,3,7,11,14-17H2,1-2H3,(H2,22,24,25);1H. The number of ether oxygens (including phenoxy) is 2. The number of methoxy groups -OCH3 is 1. The van der Waals surface area contributed by atoms with E-state index in [0.717, 1.165) is 37.5 Å². The van der Waals surface area contributed by atoms with Crippen molar-refractivity contribution in [3.05, 3.63) is 59.8 Å². The van der Waals surface area contributed by atoms with Crippen LogP contribution in [0.25, 0.3) is 0 Å². The summed E-state index contributed by atoms with van der Waals surface area (Å²) in [6, 6.07) is 14.4. The van der Waals surface area contributed by atoms with E-state index in [-0.39, 0.29) is 24.0 Å². The maximum Gasteiger partial charge on any atom is 0.218 e. The molecule has 0 saturated carbocycles. The Kier molecular flexibility index (Phi) is 13.0. The van der Waals surface area contributed by atoms with Crippen molar-refractivity contribution in [3.63, 3.8) is 0 Å². The molecule has 28 heavy (non-hydrogen) atoms. The molecule has 2 aromatic rings. The molecule has 0 aliphatic carbocycles. The smallest absolute Gasteiger partial charge is 0.218 e. The number of aryl methyl sites for hydroxylation is 1. The summed E-state index contributed by atoms with van der Waals surface area (Å²) >= 11 is 0. The summed E-state index contributed by atoms with van der Waals surface area (Å²) in [6.07, 6.45) is 3.82. The molecule has 1 aromatic heterocycles. The van der Waals surface area contributed by atoms with Crippen LogP contribution in [0.3, 0.4) is 0 Å². The molecule has 0 spiro atoms. The lowest BCUT2D eigenvalue weighted by molar-refractivity contribution is 0.143. The Hall–Kier alpha value is -1.87. The minimum absolute atomic E-state index is 0. The number of nitrogens with zero attached hydrogens (tertiary/aromatic N) is 2. The quantitative estimate of drug-likeness (QED) is 0.215. The summed E-state index contributed by atoms with van der Waals surface area (Å²) in [5.74, 6) is 1.41. The van der Waals surface area contributed by atoms with Gasteiger partial charge in [0.25, 0.3) is 0 Å². The van der Waals surface area contributed by atoms with E-state index in [9.17, 15) is 0 Å². The highest BCUT2D eigenvalue weighted by molar-refractivity contribution is 14.0. The highest BCUT2D eigenvalue weighted by Crippen LogP contribution is 2.15. The summed E-state index contributed by atoms with van der Waals surface area (Å²) in [4.78, 5) is 8.96. The fourth-order valence-corrected chi connectivity index (χ4v) is 2.55. The molecule has 154 valence electrons. The number of guanidine groups is 1. The van der Waals surface area contributed by atoms with Gasteiger partial charge in [-0.15, -0.1) is 24.0 Å². The maximum absolute atomic E-state index is 5.67. The van der Waals surface area contributed by atoms with Crippen LogP contribution < -0.4 is 15.4 Å². The van der Waals surface area contributed by atoms with Crippen LogP contribution >= 0.6 is 24.0 Å². The largest absolute Gasteiger partial charge is 0.475 e. The van der Waals surface area contributed by atoms with Gasteiger partial charge in [-0.05, 0) is 31.4 Å². The number of hydrogen-bond acceptors (Lipinski definition) is 4. The number of halogens is 1. The third-order valence-corrected chi connectivity index (χ3v) is 3.91. The van der Waals surface area contributed by atoms with Crippen LogP contribution in [-0.4, -0.2) is 44.4 Å². The van der Waals surface area contributed by atoms with E-state index < -0.39 is 0 Å². The lowest BCUT2D eigenvalue weighted by Crippen LogP contribution is -2.37. The molecule has 1 heterocycles. The van der Waals surface area contributed by atoms with Crippen LogP contribution in [0.1, 0.15) is 24.5 Å². The first-order chi connectivity index (χ1) is 13.3. The molecule has 0 bridgehead atoms. The zero-order valence-electron chi connectivity index (χ0n) is 16.7. The summed E-state index contributed by atoms with van der Waals surface area (Å²) in [6.45, 7) is 5.25. The van der Waals surface area contributed by atoms with Gasteiger partial charge in [-0.2, -0.15) is 0 Å². The number of aromatic nitrogens is 1. The number of aliphatic imine (C=N–C) groups is 1. The Labute approximate surface area is 185 Å². The second-order valence-electron chi connectivity index (χ2n) is 6.02. The van der Waals surface area contributed by atoms with Crippen LogP contribution in [0.5, 0.6) is 5.88 Å². The average molecular weight is 498 g/mol. The Bertz CT molecular complexity index is 683. The lowest BCUT2D eigenvalue weighted by Gasteiger charge is -2.12. The van der Waals surface area contributed by atoms with Crippen molar-refractivity contribution in [3.8, 4) is 5.88 Å². The number of nitrogens with one attached hydrogen (secondary N) is 2. The fourth-order valence-electron chi connectivity index (χ4n) is 2.55. The molecule has 0 aliphatic heterocycles. The molecular weight excluding hydrogens is 467 g/mol. The predicted molar refractivity (Wildman–Crippen MR) is 125 cm³/mol. The molecule has 7 heteroatoms. The summed E-state index contributed by atoms with van der Waals surface area (Å²) in [5.41, 5.74) is 2.31. The van der Waals surface area contributed by atoms with Crippen molar-refractivity contribution in [2.75, 3.05) is 33.4 Å². The number of benzene rings is 1. The second kappa shape index (κ2) is 15.1. The molecule has 6 nitrogen and oxygen atoms in total. The zero-order valence-corrected chi connectivity index (χ0v) is 19.0. The number of pyridine rings is 1. The topological polar surface area (TPSA) is 67.8 Å². The summed E-state index contributed by atoms with van der Waals surface area (Å²) in [5, 5.41) is 6.67. The molecule has 0 amide bonds. The Morgan fingerprint density at radius 1 is 1.07 bits per heavy atom. The minimum Gasteiger partial charge on any atom is -0.475 e. The minimum atomic E-state index is 0. The molecule has 0 aliphatic rings. The number of rotatable bonds is 11. The van der Waals surface area contributed by atoms with Gasteiger partial charge in [0, 0.05) is 32.0 Å². The Morgan fingerprint density at radius 2 is 1.89 bits per heavy atom. The van der Waals surface area contributed by atoms with Gasteiger partial charge >= 0.3 is 0 Å². The molecule has 2 N–H and O–H groups in total. The monoisotopic (exact) mass is 498 g/mol.